The van der Waals surface area contributed by atoms with Gasteiger partial charge in [-0.05, 0) is 42.7 Å². The molecule has 168 valence electrons. The summed E-state index contributed by atoms with van der Waals surface area (Å²) in [6.07, 6.45) is 0.821. The van der Waals surface area contributed by atoms with Crippen molar-refractivity contribution >= 4 is 27.5 Å². The van der Waals surface area contributed by atoms with E-state index in [0.717, 1.165) is 54.9 Å². The predicted molar refractivity (Wildman–Crippen MR) is 113 cm³/mol. The van der Waals surface area contributed by atoms with Crippen LogP contribution in [0.1, 0.15) is 47.3 Å². The number of primary amides is 1. The van der Waals surface area contributed by atoms with Crippen LogP contribution in [0.25, 0.3) is 0 Å². The Balaban J connectivity index is 1.71. The molecule has 0 atom stereocenters. The number of thioether (sulfide) groups is 1. The molecule has 3 rings (SSSR count). The molecule has 1 heterocycles. The number of halogens is 3. The summed E-state index contributed by atoms with van der Waals surface area (Å²) in [5.74, 6) is -0.487. The molecule has 2 N–H and O–H groups in total. The minimum atomic E-state index is -4.62. The molecule has 1 fully saturated rings. The van der Waals surface area contributed by atoms with Crippen LogP contribution in [0, 0.1) is 5.92 Å². The minimum absolute atomic E-state index is 0.0265. The maximum atomic E-state index is 12.9. The number of carbonyl (C=O) groups excluding carboxylic acids is 1. The first-order chi connectivity index (χ1) is 14.6. The SMILES string of the molecule is NC(=O)c1ccc(CC2CCCC2)nc1SCCS(=O)(=O)c1cccc(C(F)(F)F)c1. The van der Waals surface area contributed by atoms with Gasteiger partial charge in [0.1, 0.15) is 5.03 Å². The second-order valence-electron chi connectivity index (χ2n) is 7.57. The Kier molecular flexibility index (Phi) is 7.31. The van der Waals surface area contributed by atoms with E-state index in [1.807, 2.05) is 0 Å². The van der Waals surface area contributed by atoms with Gasteiger partial charge < -0.3 is 5.73 Å². The standard InChI is InChI=1S/C21H23F3N2O3S2/c22-21(23,24)15-6-3-7-17(13-15)31(28,29)11-10-30-20-18(19(25)27)9-8-16(26-20)12-14-4-1-2-5-14/h3,6-9,13-14H,1-2,4-5,10-12H2,(H2,25,27). The highest BCUT2D eigenvalue weighted by Gasteiger charge is 2.31. The summed E-state index contributed by atoms with van der Waals surface area (Å²) >= 11 is 1.07. The number of amides is 1. The molecule has 1 aromatic heterocycles. The van der Waals surface area contributed by atoms with Crippen molar-refractivity contribution in [3.8, 4) is 0 Å². The summed E-state index contributed by atoms with van der Waals surface area (Å²) in [7, 11) is -3.94. The van der Waals surface area contributed by atoms with Gasteiger partial charge in [0.2, 0.25) is 0 Å². The molecular formula is C21H23F3N2O3S2. The molecule has 1 aliphatic carbocycles. The summed E-state index contributed by atoms with van der Waals surface area (Å²) < 4.78 is 63.7. The third-order valence-electron chi connectivity index (χ3n) is 5.27. The van der Waals surface area contributed by atoms with Gasteiger partial charge in [0.25, 0.3) is 5.91 Å². The summed E-state index contributed by atoms with van der Waals surface area (Å²) in [6, 6.07) is 7.04. The Bertz CT molecular complexity index is 1050. The zero-order valence-electron chi connectivity index (χ0n) is 16.7. The van der Waals surface area contributed by atoms with E-state index in [4.69, 9.17) is 5.73 Å². The lowest BCUT2D eigenvalue weighted by molar-refractivity contribution is -0.137. The van der Waals surface area contributed by atoms with Crippen LogP contribution in [0.4, 0.5) is 13.2 Å². The third-order valence-corrected chi connectivity index (χ3v) is 8.23. The van der Waals surface area contributed by atoms with Crippen molar-refractivity contribution in [1.29, 1.82) is 0 Å². The van der Waals surface area contributed by atoms with Crippen molar-refractivity contribution in [2.24, 2.45) is 11.7 Å². The van der Waals surface area contributed by atoms with Gasteiger partial charge >= 0.3 is 6.18 Å². The second-order valence-corrected chi connectivity index (χ2v) is 10.8. The Morgan fingerprint density at radius 3 is 2.52 bits per heavy atom. The fourth-order valence-electron chi connectivity index (χ4n) is 3.63. The topological polar surface area (TPSA) is 90.1 Å². The zero-order chi connectivity index (χ0) is 22.6. The largest absolute Gasteiger partial charge is 0.416 e. The lowest BCUT2D eigenvalue weighted by atomic mass is 10.0. The van der Waals surface area contributed by atoms with Crippen molar-refractivity contribution < 1.29 is 26.4 Å². The molecule has 1 aromatic carbocycles. The number of aromatic nitrogens is 1. The Hall–Kier alpha value is -2.07. The number of hydrogen-bond donors (Lipinski definition) is 1. The lowest BCUT2D eigenvalue weighted by Gasteiger charge is -2.12. The van der Waals surface area contributed by atoms with E-state index in [1.165, 1.54) is 12.8 Å². The Morgan fingerprint density at radius 1 is 1.16 bits per heavy atom. The van der Waals surface area contributed by atoms with E-state index >= 15 is 0 Å². The molecule has 0 unspecified atom stereocenters. The van der Waals surface area contributed by atoms with Gasteiger partial charge in [-0.15, -0.1) is 11.8 Å². The molecule has 0 spiro atoms. The molecule has 1 aliphatic rings. The van der Waals surface area contributed by atoms with Crippen molar-refractivity contribution in [1.82, 2.24) is 4.98 Å². The first-order valence-corrected chi connectivity index (χ1v) is 12.5. The van der Waals surface area contributed by atoms with Gasteiger partial charge in [0.05, 0.1) is 21.8 Å². The van der Waals surface area contributed by atoms with Crippen LogP contribution in [-0.2, 0) is 22.4 Å². The summed E-state index contributed by atoms with van der Waals surface area (Å²) in [6.45, 7) is 0. The van der Waals surface area contributed by atoms with E-state index in [2.05, 4.69) is 4.98 Å². The van der Waals surface area contributed by atoms with Gasteiger partial charge in [-0.25, -0.2) is 13.4 Å². The van der Waals surface area contributed by atoms with Crippen LogP contribution >= 0.6 is 11.8 Å². The highest BCUT2D eigenvalue weighted by atomic mass is 32.2. The normalized spacial score (nSPS) is 15.3. The maximum absolute atomic E-state index is 12.9. The number of nitrogens with zero attached hydrogens (tertiary/aromatic N) is 1. The van der Waals surface area contributed by atoms with E-state index in [1.54, 1.807) is 12.1 Å². The van der Waals surface area contributed by atoms with E-state index in [9.17, 15) is 26.4 Å². The lowest BCUT2D eigenvalue weighted by Crippen LogP contribution is -2.15. The van der Waals surface area contributed by atoms with Crippen LogP contribution in [0.5, 0.6) is 0 Å². The van der Waals surface area contributed by atoms with Gasteiger partial charge in [0, 0.05) is 11.4 Å². The highest BCUT2D eigenvalue weighted by Crippen LogP contribution is 2.31. The van der Waals surface area contributed by atoms with Crippen LogP contribution < -0.4 is 5.73 Å². The number of nitrogens with two attached hydrogens (primary N) is 1. The fraction of sp³-hybridized carbons (Fsp3) is 0.429. The van der Waals surface area contributed by atoms with Crippen molar-refractivity contribution in [2.45, 2.75) is 48.2 Å². The molecule has 1 saturated carbocycles. The average Bonchev–Trinajstić information content (AvgIpc) is 3.20. The van der Waals surface area contributed by atoms with Crippen LogP contribution in [0.15, 0.2) is 46.3 Å². The van der Waals surface area contributed by atoms with Gasteiger partial charge in [-0.1, -0.05) is 31.7 Å². The van der Waals surface area contributed by atoms with Crippen molar-refractivity contribution in [2.75, 3.05) is 11.5 Å². The molecule has 0 radical (unpaired) electrons. The molecule has 0 saturated heterocycles. The van der Waals surface area contributed by atoms with Crippen LogP contribution in [0.2, 0.25) is 0 Å². The average molecular weight is 473 g/mol. The number of benzene rings is 1. The third kappa shape index (κ3) is 6.22. The highest BCUT2D eigenvalue weighted by molar-refractivity contribution is 8.00. The van der Waals surface area contributed by atoms with Crippen LogP contribution in [0.3, 0.4) is 0 Å². The first kappa shape index (κ1) is 23.6. The first-order valence-electron chi connectivity index (χ1n) is 9.89. The molecule has 5 nitrogen and oxygen atoms in total. The number of carbonyl (C=O) groups is 1. The Labute approximate surface area is 183 Å². The fourth-order valence-corrected chi connectivity index (χ4v) is 6.37. The molecular weight excluding hydrogens is 449 g/mol. The molecule has 2 aromatic rings. The number of hydrogen-bond acceptors (Lipinski definition) is 5. The van der Waals surface area contributed by atoms with Crippen molar-refractivity contribution in [3.63, 3.8) is 0 Å². The summed E-state index contributed by atoms with van der Waals surface area (Å²) in [5, 5.41) is 0.349. The summed E-state index contributed by atoms with van der Waals surface area (Å²) in [5.41, 5.74) is 5.43. The molecule has 0 aliphatic heterocycles. The van der Waals surface area contributed by atoms with Crippen molar-refractivity contribution in [3.05, 3.63) is 53.2 Å². The molecule has 31 heavy (non-hydrogen) atoms. The predicted octanol–water partition coefficient (Wildman–Crippen LogP) is 4.50. The number of pyridine rings is 1. The minimum Gasteiger partial charge on any atom is -0.366 e. The zero-order valence-corrected chi connectivity index (χ0v) is 18.3. The quantitative estimate of drug-likeness (QED) is 0.572. The number of rotatable bonds is 8. The molecule has 0 bridgehead atoms. The van der Waals surface area contributed by atoms with Gasteiger partial charge in [0.15, 0.2) is 9.84 Å². The van der Waals surface area contributed by atoms with E-state index < -0.39 is 33.2 Å². The smallest absolute Gasteiger partial charge is 0.366 e. The van der Waals surface area contributed by atoms with E-state index in [-0.39, 0.29) is 16.2 Å². The Morgan fingerprint density at radius 2 is 1.87 bits per heavy atom. The van der Waals surface area contributed by atoms with Gasteiger partial charge in [-0.3, -0.25) is 4.79 Å². The molecule has 1 amide bonds. The maximum Gasteiger partial charge on any atom is 0.416 e. The van der Waals surface area contributed by atoms with Crippen LogP contribution in [-0.4, -0.2) is 30.8 Å². The molecule has 10 heteroatoms. The number of alkyl halides is 3. The van der Waals surface area contributed by atoms with Gasteiger partial charge in [-0.2, -0.15) is 13.2 Å². The summed E-state index contributed by atoms with van der Waals surface area (Å²) in [4.78, 5) is 15.9. The monoisotopic (exact) mass is 472 g/mol. The second kappa shape index (κ2) is 9.60. The number of sulfone groups is 1. The van der Waals surface area contributed by atoms with E-state index in [0.29, 0.717) is 17.0 Å².